The fourth-order valence-electron chi connectivity index (χ4n) is 2.11. The van der Waals surface area contributed by atoms with Gasteiger partial charge in [0, 0.05) is 12.6 Å². The van der Waals surface area contributed by atoms with Crippen LogP contribution in [0.1, 0.15) is 26.2 Å². The van der Waals surface area contributed by atoms with E-state index in [1.165, 1.54) is 51.2 Å². The predicted octanol–water partition coefficient (Wildman–Crippen LogP) is 1.81. The van der Waals surface area contributed by atoms with Crippen LogP contribution in [0.3, 0.4) is 0 Å². The summed E-state index contributed by atoms with van der Waals surface area (Å²) in [4.78, 5) is 2.64. The normalized spacial score (nSPS) is 22.1. The molecule has 1 fully saturated rings. The van der Waals surface area contributed by atoms with Gasteiger partial charge in [-0.2, -0.15) is 11.8 Å². The Morgan fingerprint density at radius 3 is 2.86 bits per heavy atom. The number of rotatable bonds is 7. The van der Waals surface area contributed by atoms with Crippen LogP contribution in [0.2, 0.25) is 0 Å². The molecule has 1 N–H and O–H groups in total. The molecule has 1 aliphatic heterocycles. The van der Waals surface area contributed by atoms with Gasteiger partial charge in [-0.25, -0.2) is 0 Å². The first-order chi connectivity index (χ1) is 6.88. The number of hydrogen-bond donors (Lipinski definition) is 1. The fraction of sp³-hybridized carbons (Fsp3) is 1.00. The lowest BCUT2D eigenvalue weighted by Crippen LogP contribution is -2.37. The predicted molar refractivity (Wildman–Crippen MR) is 66.1 cm³/mol. The van der Waals surface area contributed by atoms with Crippen LogP contribution in [-0.2, 0) is 0 Å². The maximum absolute atomic E-state index is 3.44. The van der Waals surface area contributed by atoms with Gasteiger partial charge in [-0.05, 0) is 50.9 Å². The molecule has 1 unspecified atom stereocenters. The molecule has 0 spiro atoms. The topological polar surface area (TPSA) is 15.3 Å². The Morgan fingerprint density at radius 2 is 2.29 bits per heavy atom. The highest BCUT2D eigenvalue weighted by Gasteiger charge is 2.19. The summed E-state index contributed by atoms with van der Waals surface area (Å²) in [7, 11) is 0. The van der Waals surface area contributed by atoms with Crippen molar-refractivity contribution in [2.75, 3.05) is 38.2 Å². The van der Waals surface area contributed by atoms with E-state index >= 15 is 0 Å². The fourth-order valence-corrected chi connectivity index (χ4v) is 2.60. The standard InChI is InChI=1S/C11H24N2S/c1-3-13(8-4-5-9-14-2)11-6-7-12-10-11/h11-12H,3-10H2,1-2H3. The van der Waals surface area contributed by atoms with Crippen molar-refractivity contribution in [2.45, 2.75) is 32.2 Å². The van der Waals surface area contributed by atoms with Gasteiger partial charge in [-0.15, -0.1) is 0 Å². The second-order valence-corrected chi connectivity index (χ2v) is 4.96. The summed E-state index contributed by atoms with van der Waals surface area (Å²) in [5.41, 5.74) is 0. The Morgan fingerprint density at radius 1 is 1.43 bits per heavy atom. The van der Waals surface area contributed by atoms with Crippen molar-refractivity contribution in [1.82, 2.24) is 10.2 Å². The number of hydrogen-bond acceptors (Lipinski definition) is 3. The van der Waals surface area contributed by atoms with Gasteiger partial charge < -0.3 is 5.32 Å². The largest absolute Gasteiger partial charge is 0.315 e. The van der Waals surface area contributed by atoms with Gasteiger partial charge in [0.2, 0.25) is 0 Å². The molecule has 0 amide bonds. The smallest absolute Gasteiger partial charge is 0.0232 e. The molecule has 1 rings (SSSR count). The summed E-state index contributed by atoms with van der Waals surface area (Å²) in [6, 6.07) is 0.814. The van der Waals surface area contributed by atoms with Crippen LogP contribution < -0.4 is 5.32 Å². The third kappa shape index (κ3) is 4.20. The number of nitrogens with zero attached hydrogens (tertiary/aromatic N) is 1. The molecule has 0 bridgehead atoms. The first-order valence-corrected chi connectivity index (χ1v) is 7.21. The molecule has 84 valence electrons. The summed E-state index contributed by atoms with van der Waals surface area (Å²) in [5.74, 6) is 1.32. The molecular formula is C11H24N2S. The van der Waals surface area contributed by atoms with Crippen LogP contribution in [-0.4, -0.2) is 49.1 Å². The lowest BCUT2D eigenvalue weighted by Gasteiger charge is -2.26. The highest BCUT2D eigenvalue weighted by Crippen LogP contribution is 2.10. The zero-order valence-corrected chi connectivity index (χ0v) is 10.4. The molecule has 0 radical (unpaired) electrons. The average Bonchev–Trinajstić information content (AvgIpc) is 2.71. The Balaban J connectivity index is 2.11. The SMILES string of the molecule is CCN(CCCCSC)C1CCNC1. The van der Waals surface area contributed by atoms with E-state index in [0.29, 0.717) is 0 Å². The summed E-state index contributed by atoms with van der Waals surface area (Å²) < 4.78 is 0. The Kier molecular flexibility index (Phi) is 6.65. The van der Waals surface area contributed by atoms with E-state index in [2.05, 4.69) is 23.4 Å². The Hall–Kier alpha value is 0.270. The molecule has 0 saturated carbocycles. The van der Waals surface area contributed by atoms with Gasteiger partial charge in [0.25, 0.3) is 0 Å². The maximum atomic E-state index is 3.44. The van der Waals surface area contributed by atoms with Crippen LogP contribution in [0.15, 0.2) is 0 Å². The summed E-state index contributed by atoms with van der Waals surface area (Å²) in [6.45, 7) is 7.21. The van der Waals surface area contributed by atoms with Crippen LogP contribution in [0, 0.1) is 0 Å². The molecule has 3 heteroatoms. The van der Waals surface area contributed by atoms with Crippen LogP contribution in [0.5, 0.6) is 0 Å². The molecular weight excluding hydrogens is 192 g/mol. The summed E-state index contributed by atoms with van der Waals surface area (Å²) in [5, 5.41) is 3.44. The van der Waals surface area contributed by atoms with Gasteiger partial charge in [0.1, 0.15) is 0 Å². The van der Waals surface area contributed by atoms with Gasteiger partial charge in [0.05, 0.1) is 0 Å². The minimum atomic E-state index is 0.814. The van der Waals surface area contributed by atoms with E-state index in [9.17, 15) is 0 Å². The maximum Gasteiger partial charge on any atom is 0.0232 e. The molecule has 0 aromatic carbocycles. The summed E-state index contributed by atoms with van der Waals surface area (Å²) in [6.07, 6.45) is 6.28. The molecule has 1 saturated heterocycles. The lowest BCUT2D eigenvalue weighted by atomic mass is 10.2. The van der Waals surface area contributed by atoms with Crippen molar-refractivity contribution in [3.8, 4) is 0 Å². The van der Waals surface area contributed by atoms with E-state index in [-0.39, 0.29) is 0 Å². The van der Waals surface area contributed by atoms with Crippen LogP contribution in [0.25, 0.3) is 0 Å². The highest BCUT2D eigenvalue weighted by atomic mass is 32.2. The van der Waals surface area contributed by atoms with Crippen molar-refractivity contribution in [2.24, 2.45) is 0 Å². The van der Waals surface area contributed by atoms with Crippen molar-refractivity contribution in [3.05, 3.63) is 0 Å². The first-order valence-electron chi connectivity index (χ1n) is 5.82. The van der Waals surface area contributed by atoms with Crippen LogP contribution >= 0.6 is 11.8 Å². The Labute approximate surface area is 92.8 Å². The van der Waals surface area contributed by atoms with E-state index in [0.717, 1.165) is 6.04 Å². The Bertz CT molecular complexity index is 135. The highest BCUT2D eigenvalue weighted by molar-refractivity contribution is 7.98. The number of thioether (sulfide) groups is 1. The van der Waals surface area contributed by atoms with Crippen molar-refractivity contribution < 1.29 is 0 Å². The van der Waals surface area contributed by atoms with E-state index in [1.54, 1.807) is 0 Å². The summed E-state index contributed by atoms with van der Waals surface area (Å²) >= 11 is 1.96. The molecule has 1 atom stereocenters. The third-order valence-corrected chi connectivity index (χ3v) is 3.70. The van der Waals surface area contributed by atoms with E-state index in [4.69, 9.17) is 0 Å². The van der Waals surface area contributed by atoms with Crippen molar-refractivity contribution >= 4 is 11.8 Å². The second-order valence-electron chi connectivity index (χ2n) is 3.98. The van der Waals surface area contributed by atoms with Crippen molar-refractivity contribution in [1.29, 1.82) is 0 Å². The number of likely N-dealkylation sites (N-methyl/N-ethyl adjacent to an activating group) is 1. The van der Waals surface area contributed by atoms with E-state index in [1.807, 2.05) is 11.8 Å². The first kappa shape index (κ1) is 12.3. The average molecular weight is 216 g/mol. The van der Waals surface area contributed by atoms with Crippen LogP contribution in [0.4, 0.5) is 0 Å². The van der Waals surface area contributed by atoms with Gasteiger partial charge in [-0.3, -0.25) is 4.90 Å². The number of nitrogens with one attached hydrogen (secondary N) is 1. The lowest BCUT2D eigenvalue weighted by molar-refractivity contribution is 0.216. The monoisotopic (exact) mass is 216 g/mol. The molecule has 0 aromatic rings. The zero-order valence-electron chi connectivity index (χ0n) is 9.59. The van der Waals surface area contributed by atoms with Gasteiger partial charge in [-0.1, -0.05) is 6.92 Å². The second kappa shape index (κ2) is 7.55. The quantitative estimate of drug-likeness (QED) is 0.654. The third-order valence-electron chi connectivity index (χ3n) is 3.00. The molecule has 2 nitrogen and oxygen atoms in total. The number of unbranched alkanes of at least 4 members (excludes halogenated alkanes) is 1. The molecule has 1 heterocycles. The van der Waals surface area contributed by atoms with E-state index < -0.39 is 0 Å². The molecule has 1 aliphatic rings. The molecule has 0 aliphatic carbocycles. The minimum Gasteiger partial charge on any atom is -0.315 e. The molecule has 0 aromatic heterocycles. The zero-order chi connectivity index (χ0) is 10.2. The van der Waals surface area contributed by atoms with Crippen molar-refractivity contribution in [3.63, 3.8) is 0 Å². The van der Waals surface area contributed by atoms with Gasteiger partial charge in [0.15, 0.2) is 0 Å². The molecule has 14 heavy (non-hydrogen) atoms. The van der Waals surface area contributed by atoms with Gasteiger partial charge >= 0.3 is 0 Å². The minimum absolute atomic E-state index is 0.814.